The number of nitrogens with zero attached hydrogens (tertiary/aromatic N) is 2. The van der Waals surface area contributed by atoms with Crippen molar-refractivity contribution in [1.82, 2.24) is 16.0 Å². The summed E-state index contributed by atoms with van der Waals surface area (Å²) in [6.07, 6.45) is 1.41. The maximum atomic E-state index is 13.4. The number of phenolic OH excluding ortho intramolecular Hbond substituents is 1. The Bertz CT molecular complexity index is 1120. The Kier molecular flexibility index (Phi) is 15.9. The number of amides is 3. The van der Waals surface area contributed by atoms with Crippen molar-refractivity contribution in [3.05, 3.63) is 29.8 Å². The molecule has 0 saturated carbocycles. The molecule has 5 atom stereocenters. The molecule has 1 rings (SSSR count). The Labute approximate surface area is 250 Å². The minimum absolute atomic E-state index is 0.0648. The number of aliphatic carboxylic acids is 1. The van der Waals surface area contributed by atoms with Crippen LogP contribution in [0.2, 0.25) is 0 Å². The van der Waals surface area contributed by atoms with Crippen LogP contribution in [0, 0.1) is 5.92 Å². The molecule has 0 aliphatic carbocycles. The summed E-state index contributed by atoms with van der Waals surface area (Å²) in [6.45, 7) is 3.83. The number of hydrogen-bond acceptors (Lipinski definition) is 8. The molecule has 16 nitrogen and oxygen atoms in total. The zero-order chi connectivity index (χ0) is 32.5. The van der Waals surface area contributed by atoms with Gasteiger partial charge >= 0.3 is 5.97 Å². The van der Waals surface area contributed by atoms with Crippen molar-refractivity contribution in [2.75, 3.05) is 13.1 Å². The number of phenols is 1. The highest BCUT2D eigenvalue weighted by Gasteiger charge is 2.31. The molecule has 240 valence electrons. The summed E-state index contributed by atoms with van der Waals surface area (Å²) in [5.41, 5.74) is 28.3. The van der Waals surface area contributed by atoms with Gasteiger partial charge in [-0.05, 0) is 55.7 Å². The van der Waals surface area contributed by atoms with E-state index >= 15 is 0 Å². The van der Waals surface area contributed by atoms with Crippen LogP contribution >= 0.6 is 0 Å². The first-order chi connectivity index (χ1) is 20.2. The molecule has 1 aromatic carbocycles. The van der Waals surface area contributed by atoms with Gasteiger partial charge in [0.1, 0.15) is 23.9 Å². The van der Waals surface area contributed by atoms with Crippen LogP contribution in [0.5, 0.6) is 5.75 Å². The Balaban J connectivity index is 3.12. The third-order valence-corrected chi connectivity index (χ3v) is 6.66. The standard InChI is InChI=1S/C27H46N10O6/c1-3-15(2)21(25(42)43)37-24(41)20(7-5-13-34-27(31)32)36-23(40)19(6-4-12-33-26(29)30)35-22(39)18(28)14-16-8-10-17(38)11-9-16/h8-11,15,18-21,38H,3-7,12-14,28H2,1-2H3,(H,35,39)(H,36,40)(H,37,41)(H,42,43)(H4,29,30,33)(H4,31,32,34). The first-order valence-electron chi connectivity index (χ1n) is 14.0. The molecule has 5 unspecified atom stereocenters. The molecular formula is C27H46N10O6. The Morgan fingerprint density at radius 1 is 0.814 bits per heavy atom. The van der Waals surface area contributed by atoms with Gasteiger partial charge in [-0.15, -0.1) is 0 Å². The van der Waals surface area contributed by atoms with E-state index in [0.717, 1.165) is 0 Å². The van der Waals surface area contributed by atoms with Gasteiger partial charge in [0.05, 0.1) is 6.04 Å². The Hall–Kier alpha value is -4.60. The minimum Gasteiger partial charge on any atom is -0.508 e. The zero-order valence-corrected chi connectivity index (χ0v) is 24.7. The van der Waals surface area contributed by atoms with E-state index in [2.05, 4.69) is 25.9 Å². The lowest BCUT2D eigenvalue weighted by atomic mass is 9.98. The molecular weight excluding hydrogens is 560 g/mol. The van der Waals surface area contributed by atoms with E-state index in [4.69, 9.17) is 28.7 Å². The summed E-state index contributed by atoms with van der Waals surface area (Å²) in [5.74, 6) is -3.81. The SMILES string of the molecule is CCC(C)C(NC(=O)C(CCCN=C(N)N)NC(=O)C(CCCN=C(N)N)NC(=O)C(N)Cc1ccc(O)cc1)C(=O)O. The van der Waals surface area contributed by atoms with Gasteiger partial charge < -0.3 is 54.8 Å². The maximum absolute atomic E-state index is 13.4. The molecule has 0 aliphatic rings. The lowest BCUT2D eigenvalue weighted by Crippen LogP contribution is -2.57. The lowest BCUT2D eigenvalue weighted by molar-refractivity contribution is -0.144. The monoisotopic (exact) mass is 606 g/mol. The average Bonchev–Trinajstić information content (AvgIpc) is 2.94. The Morgan fingerprint density at radius 2 is 1.28 bits per heavy atom. The van der Waals surface area contributed by atoms with Crippen LogP contribution in [0.25, 0.3) is 0 Å². The van der Waals surface area contributed by atoms with Crippen molar-refractivity contribution in [2.45, 2.75) is 76.5 Å². The Morgan fingerprint density at radius 3 is 1.72 bits per heavy atom. The van der Waals surface area contributed by atoms with Crippen LogP contribution in [-0.4, -0.2) is 83.1 Å². The molecule has 1 aromatic rings. The molecule has 0 bridgehead atoms. The van der Waals surface area contributed by atoms with E-state index in [9.17, 15) is 29.4 Å². The van der Waals surface area contributed by atoms with Crippen LogP contribution in [0.15, 0.2) is 34.3 Å². The number of carbonyl (C=O) groups excluding carboxylic acids is 3. The molecule has 0 fully saturated rings. The second kappa shape index (κ2) is 18.8. The topological polar surface area (TPSA) is 300 Å². The van der Waals surface area contributed by atoms with Crippen molar-refractivity contribution in [2.24, 2.45) is 44.6 Å². The van der Waals surface area contributed by atoms with E-state index in [1.54, 1.807) is 26.0 Å². The number of benzene rings is 1. The fraction of sp³-hybridized carbons (Fsp3) is 0.556. The van der Waals surface area contributed by atoms with Crippen molar-refractivity contribution < 1.29 is 29.4 Å². The predicted octanol–water partition coefficient (Wildman–Crippen LogP) is -2.05. The first kappa shape index (κ1) is 36.4. The summed E-state index contributed by atoms with van der Waals surface area (Å²) in [5, 5.41) is 26.9. The first-order valence-corrected chi connectivity index (χ1v) is 14.0. The highest BCUT2D eigenvalue weighted by atomic mass is 16.4. The quantitative estimate of drug-likeness (QED) is 0.0464. The van der Waals surface area contributed by atoms with E-state index in [1.807, 2.05) is 0 Å². The van der Waals surface area contributed by atoms with Crippen LogP contribution < -0.4 is 44.6 Å². The molecule has 0 aromatic heterocycles. The number of rotatable bonds is 19. The van der Waals surface area contributed by atoms with Crippen LogP contribution in [0.1, 0.15) is 51.5 Å². The molecule has 0 heterocycles. The highest BCUT2D eigenvalue weighted by Crippen LogP contribution is 2.12. The van der Waals surface area contributed by atoms with Gasteiger partial charge in [-0.1, -0.05) is 32.4 Å². The number of guanidine groups is 2. The molecule has 0 spiro atoms. The van der Waals surface area contributed by atoms with Gasteiger partial charge in [-0.25, -0.2) is 4.79 Å². The predicted molar refractivity (Wildman–Crippen MR) is 162 cm³/mol. The largest absolute Gasteiger partial charge is 0.508 e. The average molecular weight is 607 g/mol. The van der Waals surface area contributed by atoms with Gasteiger partial charge in [-0.3, -0.25) is 24.4 Å². The van der Waals surface area contributed by atoms with Gasteiger partial charge in [0.25, 0.3) is 0 Å². The summed E-state index contributed by atoms with van der Waals surface area (Å²) in [6, 6.07) is 1.70. The van der Waals surface area contributed by atoms with Crippen molar-refractivity contribution in [1.29, 1.82) is 0 Å². The normalized spacial score (nSPS) is 14.2. The number of aliphatic imine (C=N–C) groups is 2. The van der Waals surface area contributed by atoms with Gasteiger partial charge in [0.2, 0.25) is 17.7 Å². The summed E-state index contributed by atoms with van der Waals surface area (Å²) < 4.78 is 0. The second-order valence-electron chi connectivity index (χ2n) is 10.2. The number of carboxylic acids is 1. The molecule has 0 radical (unpaired) electrons. The van der Waals surface area contributed by atoms with Crippen molar-refractivity contribution >= 4 is 35.6 Å². The molecule has 15 N–H and O–H groups in total. The summed E-state index contributed by atoms with van der Waals surface area (Å²) >= 11 is 0. The third-order valence-electron chi connectivity index (χ3n) is 6.66. The maximum Gasteiger partial charge on any atom is 0.326 e. The number of nitrogens with two attached hydrogens (primary N) is 5. The fourth-order valence-electron chi connectivity index (χ4n) is 4.01. The summed E-state index contributed by atoms with van der Waals surface area (Å²) in [4.78, 5) is 59.2. The zero-order valence-electron chi connectivity index (χ0n) is 24.7. The number of carbonyl (C=O) groups is 4. The highest BCUT2D eigenvalue weighted by molar-refractivity contribution is 5.94. The third kappa shape index (κ3) is 14.2. The molecule has 0 saturated heterocycles. The van der Waals surface area contributed by atoms with E-state index in [-0.39, 0.29) is 62.4 Å². The molecule has 0 aliphatic heterocycles. The molecule has 43 heavy (non-hydrogen) atoms. The van der Waals surface area contributed by atoms with Crippen molar-refractivity contribution in [3.8, 4) is 5.75 Å². The molecule has 16 heteroatoms. The van der Waals surface area contributed by atoms with Crippen LogP contribution in [0.3, 0.4) is 0 Å². The smallest absolute Gasteiger partial charge is 0.326 e. The minimum atomic E-state index is -1.21. The van der Waals surface area contributed by atoms with Gasteiger partial charge in [0.15, 0.2) is 11.9 Å². The lowest BCUT2D eigenvalue weighted by Gasteiger charge is -2.26. The number of nitrogens with one attached hydrogen (secondary N) is 3. The number of carboxylic acid groups (broad SMARTS) is 1. The second-order valence-corrected chi connectivity index (χ2v) is 10.2. The van der Waals surface area contributed by atoms with Crippen molar-refractivity contribution in [3.63, 3.8) is 0 Å². The number of aromatic hydroxyl groups is 1. The van der Waals surface area contributed by atoms with Gasteiger partial charge in [-0.2, -0.15) is 0 Å². The van der Waals surface area contributed by atoms with Crippen LogP contribution in [-0.2, 0) is 25.6 Å². The van der Waals surface area contributed by atoms with E-state index < -0.39 is 47.9 Å². The number of hydrogen-bond donors (Lipinski definition) is 10. The fourth-order valence-corrected chi connectivity index (χ4v) is 4.01. The summed E-state index contributed by atoms with van der Waals surface area (Å²) in [7, 11) is 0. The van der Waals surface area contributed by atoms with Crippen LogP contribution in [0.4, 0.5) is 0 Å². The van der Waals surface area contributed by atoms with E-state index in [1.165, 1.54) is 12.1 Å². The van der Waals surface area contributed by atoms with Gasteiger partial charge in [0, 0.05) is 13.1 Å². The molecule has 3 amide bonds. The van der Waals surface area contributed by atoms with E-state index in [0.29, 0.717) is 18.4 Å².